The van der Waals surface area contributed by atoms with E-state index < -0.39 is 0 Å². The lowest BCUT2D eigenvalue weighted by atomic mass is 10.2. The van der Waals surface area contributed by atoms with E-state index >= 15 is 0 Å². The molecule has 0 aliphatic carbocycles. The fraction of sp³-hybridized carbons (Fsp3) is 0.364. The summed E-state index contributed by atoms with van der Waals surface area (Å²) in [5, 5.41) is 5.82. The van der Waals surface area contributed by atoms with E-state index in [2.05, 4.69) is 26.6 Å². The Kier molecular flexibility index (Phi) is 4.78. The predicted octanol–water partition coefficient (Wildman–Crippen LogP) is 2.31. The van der Waals surface area contributed by atoms with Gasteiger partial charge in [0, 0.05) is 23.1 Å². The van der Waals surface area contributed by atoms with Gasteiger partial charge in [0.2, 0.25) is 5.91 Å². The van der Waals surface area contributed by atoms with Crippen LogP contribution in [0.3, 0.4) is 0 Å². The van der Waals surface area contributed by atoms with E-state index in [4.69, 9.17) is 0 Å². The van der Waals surface area contributed by atoms with Crippen LogP contribution in [0.5, 0.6) is 0 Å². The van der Waals surface area contributed by atoms with Gasteiger partial charge in [0.25, 0.3) is 0 Å². The van der Waals surface area contributed by atoms with Crippen LogP contribution < -0.4 is 10.6 Å². The minimum Gasteiger partial charge on any atom is -0.326 e. The predicted molar refractivity (Wildman–Crippen MR) is 66.1 cm³/mol. The zero-order chi connectivity index (χ0) is 11.3. The molecule has 1 rings (SSSR count). The molecule has 82 valence electrons. The molecule has 0 saturated carbocycles. The Morgan fingerprint density at radius 1 is 1.47 bits per heavy atom. The van der Waals surface area contributed by atoms with Gasteiger partial charge >= 0.3 is 0 Å². The first-order valence-electron chi connectivity index (χ1n) is 4.84. The van der Waals surface area contributed by atoms with Crippen LogP contribution in [0.4, 0.5) is 5.69 Å². The minimum atomic E-state index is 0.0329. The Balaban J connectivity index is 2.63. The molecule has 0 radical (unpaired) electrons. The highest BCUT2D eigenvalue weighted by molar-refractivity contribution is 9.10. The number of aryl methyl sites for hydroxylation is 1. The Morgan fingerprint density at radius 2 is 2.20 bits per heavy atom. The summed E-state index contributed by atoms with van der Waals surface area (Å²) >= 11 is 3.38. The van der Waals surface area contributed by atoms with Crippen molar-refractivity contribution in [1.29, 1.82) is 0 Å². The van der Waals surface area contributed by atoms with Crippen LogP contribution in [0.15, 0.2) is 22.7 Å². The Labute approximate surface area is 98.4 Å². The van der Waals surface area contributed by atoms with Crippen LogP contribution >= 0.6 is 15.9 Å². The molecule has 0 heterocycles. The van der Waals surface area contributed by atoms with Crippen molar-refractivity contribution in [2.45, 2.75) is 13.3 Å². The summed E-state index contributed by atoms with van der Waals surface area (Å²) in [6.07, 6.45) is 0.489. The number of hydrogen-bond acceptors (Lipinski definition) is 2. The molecule has 0 fully saturated rings. The molecule has 0 atom stereocenters. The highest BCUT2D eigenvalue weighted by Gasteiger charge is 2.04. The van der Waals surface area contributed by atoms with E-state index in [1.807, 2.05) is 32.2 Å². The zero-order valence-electron chi connectivity index (χ0n) is 8.93. The van der Waals surface area contributed by atoms with Crippen LogP contribution in [-0.2, 0) is 4.79 Å². The summed E-state index contributed by atoms with van der Waals surface area (Å²) in [7, 11) is 1.83. The standard InChI is InChI=1S/C11H15BrN2O/c1-8-3-4-9(12)7-10(8)14-11(15)5-6-13-2/h3-4,7,13H,5-6H2,1-2H3,(H,14,15). The highest BCUT2D eigenvalue weighted by Crippen LogP contribution is 2.20. The van der Waals surface area contributed by atoms with E-state index in [0.29, 0.717) is 13.0 Å². The minimum absolute atomic E-state index is 0.0329. The molecule has 3 nitrogen and oxygen atoms in total. The smallest absolute Gasteiger partial charge is 0.225 e. The molecule has 0 aliphatic rings. The Morgan fingerprint density at radius 3 is 2.87 bits per heavy atom. The normalized spacial score (nSPS) is 10.1. The number of carbonyl (C=O) groups is 1. The van der Waals surface area contributed by atoms with Crippen molar-refractivity contribution in [3.63, 3.8) is 0 Å². The number of rotatable bonds is 4. The summed E-state index contributed by atoms with van der Waals surface area (Å²) in [6, 6.07) is 5.84. The Bertz CT molecular complexity index is 352. The molecule has 1 aromatic carbocycles. The highest BCUT2D eigenvalue weighted by atomic mass is 79.9. The van der Waals surface area contributed by atoms with Crippen molar-refractivity contribution in [3.05, 3.63) is 28.2 Å². The maximum atomic E-state index is 11.5. The van der Waals surface area contributed by atoms with Gasteiger partial charge in [0.1, 0.15) is 0 Å². The second-order valence-corrected chi connectivity index (χ2v) is 4.28. The lowest BCUT2D eigenvalue weighted by molar-refractivity contribution is -0.116. The zero-order valence-corrected chi connectivity index (χ0v) is 10.5. The lowest BCUT2D eigenvalue weighted by Crippen LogP contribution is -2.19. The van der Waals surface area contributed by atoms with Crippen molar-refractivity contribution in [2.24, 2.45) is 0 Å². The first-order chi connectivity index (χ1) is 7.13. The second-order valence-electron chi connectivity index (χ2n) is 3.36. The van der Waals surface area contributed by atoms with Gasteiger partial charge in [-0.05, 0) is 31.7 Å². The monoisotopic (exact) mass is 270 g/mol. The fourth-order valence-corrected chi connectivity index (χ4v) is 1.54. The number of hydrogen-bond donors (Lipinski definition) is 2. The number of amides is 1. The fourth-order valence-electron chi connectivity index (χ4n) is 1.18. The quantitative estimate of drug-likeness (QED) is 0.882. The van der Waals surface area contributed by atoms with Crippen molar-refractivity contribution < 1.29 is 4.79 Å². The van der Waals surface area contributed by atoms with E-state index in [-0.39, 0.29) is 5.91 Å². The molecule has 0 aliphatic heterocycles. The molecule has 0 spiro atoms. The van der Waals surface area contributed by atoms with Crippen LogP contribution in [0.25, 0.3) is 0 Å². The van der Waals surface area contributed by atoms with Crippen LogP contribution in [0.2, 0.25) is 0 Å². The maximum absolute atomic E-state index is 11.5. The molecular formula is C11H15BrN2O. The third kappa shape index (κ3) is 4.01. The van der Waals surface area contributed by atoms with Crippen LogP contribution in [0.1, 0.15) is 12.0 Å². The molecule has 0 bridgehead atoms. The summed E-state index contributed by atoms with van der Waals surface area (Å²) in [4.78, 5) is 11.5. The third-order valence-electron chi connectivity index (χ3n) is 2.08. The average Bonchev–Trinajstić information content (AvgIpc) is 2.20. The van der Waals surface area contributed by atoms with E-state index in [1.165, 1.54) is 0 Å². The van der Waals surface area contributed by atoms with Gasteiger partial charge in [0.15, 0.2) is 0 Å². The van der Waals surface area contributed by atoms with Gasteiger partial charge in [0.05, 0.1) is 0 Å². The molecular weight excluding hydrogens is 256 g/mol. The van der Waals surface area contributed by atoms with Crippen molar-refractivity contribution >= 4 is 27.5 Å². The molecule has 0 unspecified atom stereocenters. The van der Waals surface area contributed by atoms with Gasteiger partial charge in [-0.2, -0.15) is 0 Å². The summed E-state index contributed by atoms with van der Waals surface area (Å²) < 4.78 is 0.969. The first-order valence-corrected chi connectivity index (χ1v) is 5.63. The topological polar surface area (TPSA) is 41.1 Å². The maximum Gasteiger partial charge on any atom is 0.225 e. The van der Waals surface area contributed by atoms with Gasteiger partial charge in [-0.25, -0.2) is 0 Å². The molecule has 4 heteroatoms. The molecule has 2 N–H and O–H groups in total. The van der Waals surface area contributed by atoms with Crippen molar-refractivity contribution in [3.8, 4) is 0 Å². The summed E-state index contributed by atoms with van der Waals surface area (Å²) in [6.45, 7) is 2.67. The first kappa shape index (κ1) is 12.2. The van der Waals surface area contributed by atoms with E-state index in [9.17, 15) is 4.79 Å². The number of anilines is 1. The average molecular weight is 271 g/mol. The number of benzene rings is 1. The molecule has 15 heavy (non-hydrogen) atoms. The molecule has 0 saturated heterocycles. The lowest BCUT2D eigenvalue weighted by Gasteiger charge is -2.08. The molecule has 1 aromatic rings. The van der Waals surface area contributed by atoms with Gasteiger partial charge in [-0.1, -0.05) is 22.0 Å². The Hall–Kier alpha value is -0.870. The number of carbonyl (C=O) groups excluding carboxylic acids is 1. The van der Waals surface area contributed by atoms with Gasteiger partial charge < -0.3 is 10.6 Å². The van der Waals surface area contributed by atoms with Crippen molar-refractivity contribution in [2.75, 3.05) is 18.9 Å². The van der Waals surface area contributed by atoms with Crippen molar-refractivity contribution in [1.82, 2.24) is 5.32 Å². The van der Waals surface area contributed by atoms with E-state index in [0.717, 1.165) is 15.7 Å². The second kappa shape index (κ2) is 5.88. The third-order valence-corrected chi connectivity index (χ3v) is 2.57. The van der Waals surface area contributed by atoms with Gasteiger partial charge in [-0.15, -0.1) is 0 Å². The van der Waals surface area contributed by atoms with Crippen LogP contribution in [-0.4, -0.2) is 19.5 Å². The SMILES string of the molecule is CNCCC(=O)Nc1cc(Br)ccc1C. The largest absolute Gasteiger partial charge is 0.326 e. The summed E-state index contributed by atoms with van der Waals surface area (Å²) in [5.74, 6) is 0.0329. The van der Waals surface area contributed by atoms with E-state index in [1.54, 1.807) is 0 Å². The summed E-state index contributed by atoms with van der Waals surface area (Å²) in [5.41, 5.74) is 1.93. The molecule has 1 amide bonds. The molecule has 0 aromatic heterocycles. The van der Waals surface area contributed by atoms with Gasteiger partial charge in [-0.3, -0.25) is 4.79 Å². The van der Waals surface area contributed by atoms with Crippen LogP contribution in [0, 0.1) is 6.92 Å². The number of nitrogens with one attached hydrogen (secondary N) is 2. The number of halogens is 1.